The Hall–Kier alpha value is -3.17. The highest BCUT2D eigenvalue weighted by Gasteiger charge is 2.12. The van der Waals surface area contributed by atoms with E-state index in [0.29, 0.717) is 28.8 Å². The Morgan fingerprint density at radius 1 is 1.11 bits per heavy atom. The van der Waals surface area contributed by atoms with Crippen LogP contribution < -0.4 is 19.1 Å². The van der Waals surface area contributed by atoms with Gasteiger partial charge in [-0.2, -0.15) is 0 Å². The molecule has 0 spiro atoms. The molecular formula is C26H24Cl2N4O3S. The van der Waals surface area contributed by atoms with Gasteiger partial charge < -0.3 is 18.9 Å². The van der Waals surface area contributed by atoms with Crippen molar-refractivity contribution in [1.82, 2.24) is 14.3 Å². The lowest BCUT2D eigenvalue weighted by atomic mass is 10.1. The first-order chi connectivity index (χ1) is 17.5. The summed E-state index contributed by atoms with van der Waals surface area (Å²) in [5.41, 5.74) is 4.22. The molecule has 2 N–H and O–H groups in total. The van der Waals surface area contributed by atoms with E-state index in [1.165, 1.54) is 11.9 Å². The lowest BCUT2D eigenvalue weighted by Crippen LogP contribution is -2.15. The van der Waals surface area contributed by atoms with E-state index in [1.807, 2.05) is 60.2 Å². The number of nitrogens with one attached hydrogen (secondary N) is 2. The molecule has 0 saturated heterocycles. The highest BCUT2D eigenvalue weighted by molar-refractivity contribution is 7.97. The second-order valence-electron chi connectivity index (χ2n) is 7.90. The van der Waals surface area contributed by atoms with Gasteiger partial charge in [0.05, 0.1) is 31.2 Å². The van der Waals surface area contributed by atoms with Crippen LogP contribution in [0.15, 0.2) is 78.1 Å². The van der Waals surface area contributed by atoms with Gasteiger partial charge in [-0.05, 0) is 54.8 Å². The number of anilines is 1. The van der Waals surface area contributed by atoms with Gasteiger partial charge in [0.1, 0.15) is 23.4 Å². The molecule has 1 heterocycles. The second kappa shape index (κ2) is 12.2. The largest absolute Gasteiger partial charge is 0.496 e. The second-order valence-corrected chi connectivity index (χ2v) is 9.39. The minimum absolute atomic E-state index is 0.149. The summed E-state index contributed by atoms with van der Waals surface area (Å²) in [5, 5.41) is 3.54. The monoisotopic (exact) mass is 542 g/mol. The van der Waals surface area contributed by atoms with Gasteiger partial charge in [0, 0.05) is 40.0 Å². The summed E-state index contributed by atoms with van der Waals surface area (Å²) < 4.78 is 15.5. The number of ether oxygens (including phenoxy) is 1. The molecule has 4 aromatic rings. The number of carbonyl (C=O) groups is 1. The van der Waals surface area contributed by atoms with Crippen molar-refractivity contribution in [1.29, 1.82) is 0 Å². The van der Waals surface area contributed by atoms with E-state index in [9.17, 15) is 4.79 Å². The van der Waals surface area contributed by atoms with Crippen LogP contribution in [0.1, 0.15) is 16.8 Å². The number of methoxy groups -OCH3 is 1. The molecule has 0 aliphatic heterocycles. The molecule has 0 atom stereocenters. The van der Waals surface area contributed by atoms with Crippen LogP contribution in [-0.4, -0.2) is 22.6 Å². The molecule has 1 aromatic heterocycles. The van der Waals surface area contributed by atoms with E-state index in [4.69, 9.17) is 32.5 Å². The Morgan fingerprint density at radius 2 is 1.94 bits per heavy atom. The third-order valence-electron chi connectivity index (χ3n) is 5.33. The Kier molecular flexibility index (Phi) is 8.77. The fourth-order valence-corrected chi connectivity index (χ4v) is 4.72. The zero-order valence-electron chi connectivity index (χ0n) is 19.6. The number of aromatic nitrogens is 2. The summed E-state index contributed by atoms with van der Waals surface area (Å²) in [7, 11) is 1.60. The molecule has 0 radical (unpaired) electrons. The van der Waals surface area contributed by atoms with Crippen LogP contribution in [-0.2, 0) is 17.8 Å². The van der Waals surface area contributed by atoms with E-state index in [-0.39, 0.29) is 12.3 Å². The van der Waals surface area contributed by atoms with Gasteiger partial charge in [0.2, 0.25) is 5.91 Å². The minimum Gasteiger partial charge on any atom is -0.496 e. The van der Waals surface area contributed by atoms with Gasteiger partial charge in [-0.1, -0.05) is 35.9 Å². The number of benzene rings is 3. The van der Waals surface area contributed by atoms with Crippen molar-refractivity contribution < 1.29 is 13.8 Å². The van der Waals surface area contributed by atoms with Crippen LogP contribution in [0.25, 0.3) is 5.69 Å². The van der Waals surface area contributed by atoms with Crippen LogP contribution in [0.3, 0.4) is 0 Å². The Balaban J connectivity index is 1.51. The third kappa shape index (κ3) is 6.53. The number of aryl methyl sites for hydroxylation is 1. The molecule has 1 amide bonds. The Morgan fingerprint density at radius 3 is 2.67 bits per heavy atom. The highest BCUT2D eigenvalue weighted by Crippen LogP contribution is 2.30. The van der Waals surface area contributed by atoms with Crippen molar-refractivity contribution in [2.75, 3.05) is 12.4 Å². The normalized spacial score (nSPS) is 10.8. The molecule has 3 aromatic carbocycles. The molecule has 0 aliphatic carbocycles. The molecule has 7 nitrogen and oxygen atoms in total. The van der Waals surface area contributed by atoms with Crippen LogP contribution in [0.4, 0.5) is 5.69 Å². The molecule has 0 fully saturated rings. The van der Waals surface area contributed by atoms with Crippen LogP contribution >= 0.6 is 35.4 Å². The first-order valence-corrected chi connectivity index (χ1v) is 12.5. The number of nitrogens with zero attached hydrogens (tertiary/aromatic N) is 2. The lowest BCUT2D eigenvalue weighted by molar-refractivity contribution is -0.115. The number of halogens is 2. The molecule has 0 saturated carbocycles. The number of amides is 1. The SMILES string of the molecule is COc1cc(OCl)ccc1CNSc1cc(NC(=O)Cc2ccccc2Cl)ccc1-n1cnc(C)c1. The van der Waals surface area contributed by atoms with E-state index in [1.54, 1.807) is 31.6 Å². The zero-order chi connectivity index (χ0) is 25.5. The Labute approximate surface area is 224 Å². The molecule has 0 unspecified atom stereocenters. The van der Waals surface area contributed by atoms with E-state index in [2.05, 4.69) is 15.0 Å². The van der Waals surface area contributed by atoms with E-state index >= 15 is 0 Å². The minimum atomic E-state index is -0.149. The smallest absolute Gasteiger partial charge is 0.228 e. The first kappa shape index (κ1) is 25.9. The van der Waals surface area contributed by atoms with E-state index in [0.717, 1.165) is 27.4 Å². The summed E-state index contributed by atoms with van der Waals surface area (Å²) in [6.45, 7) is 2.45. The van der Waals surface area contributed by atoms with Crippen molar-refractivity contribution in [3.8, 4) is 17.2 Å². The molecular weight excluding hydrogens is 519 g/mol. The van der Waals surface area contributed by atoms with Crippen molar-refractivity contribution >= 4 is 47.0 Å². The van der Waals surface area contributed by atoms with Gasteiger partial charge in [-0.3, -0.25) is 9.52 Å². The quantitative estimate of drug-likeness (QED) is 0.227. The predicted octanol–water partition coefficient (Wildman–Crippen LogP) is 6.35. The molecule has 4 rings (SSSR count). The van der Waals surface area contributed by atoms with Gasteiger partial charge in [-0.25, -0.2) is 4.98 Å². The van der Waals surface area contributed by atoms with Crippen molar-refractivity contribution in [3.63, 3.8) is 0 Å². The average Bonchev–Trinajstić information content (AvgIpc) is 3.31. The van der Waals surface area contributed by atoms with Crippen LogP contribution in [0.5, 0.6) is 11.5 Å². The lowest BCUT2D eigenvalue weighted by Gasteiger charge is -2.14. The number of hydrogen-bond donors (Lipinski definition) is 2. The topological polar surface area (TPSA) is 77.4 Å². The highest BCUT2D eigenvalue weighted by atomic mass is 35.5. The van der Waals surface area contributed by atoms with Crippen LogP contribution in [0.2, 0.25) is 5.02 Å². The maximum Gasteiger partial charge on any atom is 0.228 e. The van der Waals surface area contributed by atoms with Gasteiger partial charge in [0.15, 0.2) is 0 Å². The van der Waals surface area contributed by atoms with Crippen molar-refractivity contribution in [2.45, 2.75) is 24.8 Å². The standard InChI is InChI=1S/C26H24Cl2N4O3S/c1-17-15-32(16-29-17)23-10-8-20(31-26(33)11-18-5-3-4-6-22(18)27)12-25(23)36-30-14-19-7-9-21(35-28)13-24(19)34-2/h3-10,12-13,15-16,30H,11,14H2,1-2H3,(H,31,33). The molecule has 36 heavy (non-hydrogen) atoms. The maximum atomic E-state index is 12.7. The molecule has 186 valence electrons. The zero-order valence-corrected chi connectivity index (χ0v) is 22.0. The van der Waals surface area contributed by atoms with Gasteiger partial charge in [0.25, 0.3) is 0 Å². The van der Waals surface area contributed by atoms with Crippen LogP contribution in [0, 0.1) is 6.92 Å². The molecule has 0 aliphatic rings. The van der Waals surface area contributed by atoms with Gasteiger partial charge in [-0.15, -0.1) is 0 Å². The summed E-state index contributed by atoms with van der Waals surface area (Å²) in [6.07, 6.45) is 3.89. The number of carbonyl (C=O) groups excluding carboxylic acids is 1. The first-order valence-electron chi connectivity index (χ1n) is 11.0. The summed E-state index contributed by atoms with van der Waals surface area (Å²) in [5.74, 6) is 1.01. The average molecular weight is 543 g/mol. The maximum absolute atomic E-state index is 12.7. The number of rotatable bonds is 10. The predicted molar refractivity (Wildman–Crippen MR) is 144 cm³/mol. The fourth-order valence-electron chi connectivity index (χ4n) is 3.57. The summed E-state index contributed by atoms with van der Waals surface area (Å²) in [6, 6.07) is 18.4. The molecule has 0 bridgehead atoms. The number of hydrogen-bond acceptors (Lipinski definition) is 6. The molecule has 10 heteroatoms. The summed E-state index contributed by atoms with van der Waals surface area (Å²) in [4.78, 5) is 17.9. The van der Waals surface area contributed by atoms with Gasteiger partial charge >= 0.3 is 0 Å². The Bertz CT molecular complexity index is 1360. The fraction of sp³-hybridized carbons (Fsp3) is 0.154. The van der Waals surface area contributed by atoms with E-state index < -0.39 is 0 Å². The third-order valence-corrected chi connectivity index (χ3v) is 6.72. The van der Waals surface area contributed by atoms with Crippen molar-refractivity contribution in [3.05, 3.63) is 95.0 Å². The number of imidazole rings is 1. The van der Waals surface area contributed by atoms with Crippen molar-refractivity contribution in [2.24, 2.45) is 0 Å². The summed E-state index contributed by atoms with van der Waals surface area (Å²) >= 11 is 13.1.